The summed E-state index contributed by atoms with van der Waals surface area (Å²) in [5.74, 6) is -0.323. The first-order valence-corrected chi connectivity index (χ1v) is 7.67. The Bertz CT molecular complexity index is 789. The zero-order valence-electron chi connectivity index (χ0n) is 10.3. The summed E-state index contributed by atoms with van der Waals surface area (Å²) >= 11 is 2.90. The van der Waals surface area contributed by atoms with Gasteiger partial charge in [0.05, 0.1) is 12.1 Å². The third kappa shape index (κ3) is 2.78. The average molecular weight is 306 g/mol. The van der Waals surface area contributed by atoms with Gasteiger partial charge < -0.3 is 4.74 Å². The van der Waals surface area contributed by atoms with Gasteiger partial charge in [0.15, 0.2) is 4.96 Å². The van der Waals surface area contributed by atoms with Crippen LogP contribution in [0, 0.1) is 0 Å². The zero-order chi connectivity index (χ0) is 13.9. The number of nitrogens with zero attached hydrogens (tertiary/aromatic N) is 2. The summed E-state index contributed by atoms with van der Waals surface area (Å²) in [4.78, 5) is 28.3. The van der Waals surface area contributed by atoms with Crippen molar-refractivity contribution in [3.05, 3.63) is 56.1 Å². The van der Waals surface area contributed by atoms with Gasteiger partial charge >= 0.3 is 5.97 Å². The summed E-state index contributed by atoms with van der Waals surface area (Å²) in [6.07, 6.45) is 1.91. The first-order chi connectivity index (χ1) is 9.72. The maximum atomic E-state index is 11.8. The van der Waals surface area contributed by atoms with Gasteiger partial charge in [-0.2, -0.15) is 11.3 Å². The molecule has 3 rings (SSSR count). The fourth-order valence-corrected chi connectivity index (χ4v) is 3.13. The van der Waals surface area contributed by atoms with Crippen molar-refractivity contribution in [1.82, 2.24) is 9.38 Å². The lowest BCUT2D eigenvalue weighted by Gasteiger charge is -2.03. The molecule has 0 N–H and O–H groups in total. The Morgan fingerprint density at radius 2 is 2.30 bits per heavy atom. The monoisotopic (exact) mass is 306 g/mol. The SMILES string of the molecule is O=C(Cc1ccsc1)OCc1cc(=O)n2ccsc2n1. The smallest absolute Gasteiger partial charge is 0.310 e. The van der Waals surface area contributed by atoms with Crippen LogP contribution in [0.15, 0.2) is 39.3 Å². The van der Waals surface area contributed by atoms with E-state index in [1.807, 2.05) is 16.8 Å². The van der Waals surface area contributed by atoms with Crippen LogP contribution < -0.4 is 5.56 Å². The van der Waals surface area contributed by atoms with Crippen molar-refractivity contribution in [2.24, 2.45) is 0 Å². The van der Waals surface area contributed by atoms with Crippen molar-refractivity contribution in [2.75, 3.05) is 0 Å². The van der Waals surface area contributed by atoms with E-state index in [4.69, 9.17) is 4.74 Å². The number of aromatic nitrogens is 2. The summed E-state index contributed by atoms with van der Waals surface area (Å²) in [5, 5.41) is 5.61. The van der Waals surface area contributed by atoms with Crippen LogP contribution in [0.25, 0.3) is 4.96 Å². The maximum absolute atomic E-state index is 11.8. The van der Waals surface area contributed by atoms with E-state index in [0.717, 1.165) is 5.56 Å². The number of thiophene rings is 1. The van der Waals surface area contributed by atoms with E-state index in [9.17, 15) is 9.59 Å². The van der Waals surface area contributed by atoms with Crippen molar-refractivity contribution >= 4 is 33.6 Å². The zero-order valence-corrected chi connectivity index (χ0v) is 11.9. The van der Waals surface area contributed by atoms with Crippen LogP contribution >= 0.6 is 22.7 Å². The van der Waals surface area contributed by atoms with Crippen molar-refractivity contribution in [1.29, 1.82) is 0 Å². The van der Waals surface area contributed by atoms with E-state index in [-0.39, 0.29) is 24.6 Å². The Kier molecular flexibility index (Phi) is 3.62. The molecular weight excluding hydrogens is 296 g/mol. The quantitative estimate of drug-likeness (QED) is 0.693. The minimum Gasteiger partial charge on any atom is -0.459 e. The van der Waals surface area contributed by atoms with Crippen molar-refractivity contribution in [3.63, 3.8) is 0 Å². The Morgan fingerprint density at radius 1 is 1.40 bits per heavy atom. The van der Waals surface area contributed by atoms with Crippen LogP contribution in [0.2, 0.25) is 0 Å². The first kappa shape index (κ1) is 13.0. The molecule has 0 aromatic carbocycles. The van der Waals surface area contributed by atoms with Gasteiger partial charge in [-0.25, -0.2) is 4.98 Å². The second-order valence-corrected chi connectivity index (χ2v) is 5.76. The summed E-state index contributed by atoms with van der Waals surface area (Å²) in [6, 6.07) is 3.27. The number of rotatable bonds is 4. The van der Waals surface area contributed by atoms with E-state index in [0.29, 0.717) is 10.7 Å². The first-order valence-electron chi connectivity index (χ1n) is 5.85. The fourth-order valence-electron chi connectivity index (χ4n) is 1.73. The molecule has 0 atom stereocenters. The predicted octanol–water partition coefficient (Wildman–Crippen LogP) is 2.10. The lowest BCUT2D eigenvalue weighted by Crippen LogP contribution is -2.15. The molecule has 3 aromatic heterocycles. The molecule has 0 amide bonds. The Balaban J connectivity index is 1.67. The second-order valence-electron chi connectivity index (χ2n) is 4.11. The molecule has 3 heterocycles. The van der Waals surface area contributed by atoms with Gasteiger partial charge in [0.25, 0.3) is 5.56 Å². The van der Waals surface area contributed by atoms with E-state index in [1.165, 1.54) is 33.1 Å². The highest BCUT2D eigenvalue weighted by atomic mass is 32.1. The molecule has 7 heteroatoms. The molecule has 0 saturated heterocycles. The fraction of sp³-hybridized carbons (Fsp3) is 0.154. The average Bonchev–Trinajstić information content (AvgIpc) is 3.07. The predicted molar refractivity (Wildman–Crippen MR) is 77.2 cm³/mol. The third-order valence-corrected chi connectivity index (χ3v) is 4.15. The largest absolute Gasteiger partial charge is 0.459 e. The minimum atomic E-state index is -0.323. The minimum absolute atomic E-state index is 0.0204. The molecule has 102 valence electrons. The van der Waals surface area contributed by atoms with Crippen LogP contribution in [0.5, 0.6) is 0 Å². The Hall–Kier alpha value is -1.99. The molecule has 0 aliphatic heterocycles. The van der Waals surface area contributed by atoms with Crippen LogP contribution in [0.4, 0.5) is 0 Å². The van der Waals surface area contributed by atoms with Crippen molar-refractivity contribution < 1.29 is 9.53 Å². The number of hydrogen-bond acceptors (Lipinski definition) is 6. The number of carbonyl (C=O) groups excluding carboxylic acids is 1. The summed E-state index contributed by atoms with van der Waals surface area (Å²) in [7, 11) is 0. The molecule has 3 aromatic rings. The molecule has 0 aliphatic carbocycles. The maximum Gasteiger partial charge on any atom is 0.310 e. The molecule has 0 aliphatic rings. The number of carbonyl (C=O) groups is 1. The second kappa shape index (κ2) is 5.56. The lowest BCUT2D eigenvalue weighted by molar-refractivity contribution is -0.144. The van der Waals surface area contributed by atoms with Gasteiger partial charge in [-0.05, 0) is 22.4 Å². The van der Waals surface area contributed by atoms with Crippen molar-refractivity contribution in [3.8, 4) is 0 Å². The number of thiazole rings is 1. The highest BCUT2D eigenvalue weighted by Gasteiger charge is 2.08. The Labute approximate surface area is 122 Å². The van der Waals surface area contributed by atoms with E-state index in [1.54, 1.807) is 11.6 Å². The van der Waals surface area contributed by atoms with Crippen molar-refractivity contribution in [2.45, 2.75) is 13.0 Å². The number of ether oxygens (including phenoxy) is 1. The van der Waals surface area contributed by atoms with Crippen LogP contribution in [0.1, 0.15) is 11.3 Å². The number of esters is 1. The highest BCUT2D eigenvalue weighted by Crippen LogP contribution is 2.09. The molecule has 5 nitrogen and oxygen atoms in total. The molecule has 20 heavy (non-hydrogen) atoms. The molecule has 0 spiro atoms. The summed E-state index contributed by atoms with van der Waals surface area (Å²) < 4.78 is 6.60. The molecule has 0 fully saturated rings. The Morgan fingerprint density at radius 3 is 3.10 bits per heavy atom. The van der Waals surface area contributed by atoms with Gasteiger partial charge in [-0.15, -0.1) is 11.3 Å². The third-order valence-electron chi connectivity index (χ3n) is 2.67. The summed E-state index contributed by atoms with van der Waals surface area (Å²) in [5.41, 5.74) is 1.23. The van der Waals surface area contributed by atoms with Crippen LogP contribution in [-0.4, -0.2) is 15.4 Å². The van der Waals surface area contributed by atoms with E-state index >= 15 is 0 Å². The van der Waals surface area contributed by atoms with Gasteiger partial charge in [0.2, 0.25) is 0 Å². The lowest BCUT2D eigenvalue weighted by atomic mass is 10.2. The summed E-state index contributed by atoms with van der Waals surface area (Å²) in [6.45, 7) is 0.0204. The van der Waals surface area contributed by atoms with Crippen LogP contribution in [0.3, 0.4) is 0 Å². The highest BCUT2D eigenvalue weighted by molar-refractivity contribution is 7.15. The standard InChI is InChI=1S/C13H10N2O3S2/c16-11-6-10(14-13-15(11)2-4-20-13)7-18-12(17)5-9-1-3-19-8-9/h1-4,6,8H,5,7H2. The van der Waals surface area contributed by atoms with Gasteiger partial charge in [0.1, 0.15) is 6.61 Å². The molecule has 0 bridgehead atoms. The van der Waals surface area contributed by atoms with Gasteiger partial charge in [-0.1, -0.05) is 0 Å². The number of fused-ring (bicyclic) bond motifs is 1. The molecular formula is C13H10N2O3S2. The normalized spacial score (nSPS) is 10.8. The number of hydrogen-bond donors (Lipinski definition) is 0. The van der Waals surface area contributed by atoms with Crippen LogP contribution in [-0.2, 0) is 22.6 Å². The molecule has 0 unspecified atom stereocenters. The molecule has 0 saturated carbocycles. The van der Waals surface area contributed by atoms with Gasteiger partial charge in [-0.3, -0.25) is 14.0 Å². The topological polar surface area (TPSA) is 60.7 Å². The molecule has 0 radical (unpaired) electrons. The van der Waals surface area contributed by atoms with Gasteiger partial charge in [0, 0.05) is 17.6 Å². The van der Waals surface area contributed by atoms with E-state index in [2.05, 4.69) is 4.98 Å². The van der Waals surface area contributed by atoms with E-state index < -0.39 is 0 Å².